The van der Waals surface area contributed by atoms with E-state index in [2.05, 4.69) is 176 Å². The van der Waals surface area contributed by atoms with Gasteiger partial charge in [0.05, 0.1) is 16.8 Å². The second-order valence-electron chi connectivity index (χ2n) is 14.8. The van der Waals surface area contributed by atoms with Gasteiger partial charge >= 0.3 is 0 Å². The van der Waals surface area contributed by atoms with Crippen molar-refractivity contribution in [2.45, 2.75) is 5.41 Å². The predicted molar refractivity (Wildman–Crippen MR) is 227 cm³/mol. The zero-order valence-corrected chi connectivity index (χ0v) is 30.3. The molecule has 3 nitrogen and oxygen atoms in total. The van der Waals surface area contributed by atoms with E-state index in [0.29, 0.717) is 5.82 Å². The molecule has 1 spiro atoms. The number of para-hydroxylation sites is 1. The smallest absolute Gasteiger partial charge is 0.160 e. The highest BCUT2D eigenvalue weighted by Gasteiger charge is 2.50. The summed E-state index contributed by atoms with van der Waals surface area (Å²) >= 11 is 0. The second kappa shape index (κ2) is 11.8. The molecule has 2 aromatic heterocycles. The van der Waals surface area contributed by atoms with Crippen molar-refractivity contribution in [3.05, 3.63) is 216 Å². The number of nitrogens with zero attached hydrogens (tertiary/aromatic N) is 2. The molecule has 0 saturated heterocycles. The molecule has 0 fully saturated rings. The van der Waals surface area contributed by atoms with Crippen LogP contribution in [0.5, 0.6) is 0 Å². The van der Waals surface area contributed by atoms with Crippen molar-refractivity contribution in [1.82, 2.24) is 9.97 Å². The number of aromatic nitrogens is 2. The minimum Gasteiger partial charge on any atom is -0.456 e. The van der Waals surface area contributed by atoms with Crippen molar-refractivity contribution in [2.75, 3.05) is 0 Å². The molecular formula is C53H32N2O. The third kappa shape index (κ3) is 4.34. The van der Waals surface area contributed by atoms with Crippen molar-refractivity contribution in [3.63, 3.8) is 0 Å². The van der Waals surface area contributed by atoms with Crippen molar-refractivity contribution in [3.8, 4) is 67.3 Å². The lowest BCUT2D eigenvalue weighted by molar-refractivity contribution is 0.666. The number of hydrogen-bond donors (Lipinski definition) is 0. The molecule has 3 heteroatoms. The molecular weight excluding hydrogens is 681 g/mol. The molecule has 10 aromatic rings. The third-order valence-electron chi connectivity index (χ3n) is 11.9. The average molecular weight is 713 g/mol. The summed E-state index contributed by atoms with van der Waals surface area (Å²) in [5, 5.41) is 2.26. The number of hydrogen-bond acceptors (Lipinski definition) is 3. The minimum absolute atomic E-state index is 0.681. The maximum atomic E-state index is 6.66. The van der Waals surface area contributed by atoms with Crippen LogP contribution < -0.4 is 0 Å². The van der Waals surface area contributed by atoms with E-state index in [1.807, 2.05) is 18.2 Å². The van der Waals surface area contributed by atoms with Crippen LogP contribution in [0.15, 0.2) is 199 Å². The fourth-order valence-electron chi connectivity index (χ4n) is 9.54. The first-order valence-corrected chi connectivity index (χ1v) is 19.2. The molecule has 12 rings (SSSR count). The van der Waals surface area contributed by atoms with Gasteiger partial charge in [-0.15, -0.1) is 0 Å². The summed E-state index contributed by atoms with van der Waals surface area (Å²) in [6.07, 6.45) is 0. The van der Waals surface area contributed by atoms with Gasteiger partial charge in [-0.05, 0) is 86.0 Å². The molecule has 1 atom stereocenters. The van der Waals surface area contributed by atoms with E-state index in [0.717, 1.165) is 50.0 Å². The molecule has 0 aliphatic heterocycles. The monoisotopic (exact) mass is 712 g/mol. The first-order chi connectivity index (χ1) is 27.8. The standard InChI is InChI=1S/C53H32N2O/c1-3-15-33(16-4-1)48-32-49(34-17-5-2-6-18-34)55-52(54-48)35-27-28-40-37-20-8-7-19-36(37)38-21-9-12-24-44(38)53(46(40)29-35)45-25-13-10-22-39(45)42-30-43-41-23-11-14-26-50(41)56-51(43)31-47(42)53/h1-32H. The Morgan fingerprint density at radius 2 is 0.839 bits per heavy atom. The third-order valence-corrected chi connectivity index (χ3v) is 11.9. The fourth-order valence-corrected chi connectivity index (χ4v) is 9.54. The largest absolute Gasteiger partial charge is 0.456 e. The van der Waals surface area contributed by atoms with Crippen molar-refractivity contribution in [1.29, 1.82) is 0 Å². The van der Waals surface area contributed by atoms with E-state index in [4.69, 9.17) is 14.4 Å². The van der Waals surface area contributed by atoms with Gasteiger partial charge in [0.15, 0.2) is 5.82 Å². The van der Waals surface area contributed by atoms with Crippen LogP contribution in [0.25, 0.3) is 89.2 Å². The first-order valence-electron chi connectivity index (χ1n) is 19.2. The highest BCUT2D eigenvalue weighted by Crippen LogP contribution is 2.62. The van der Waals surface area contributed by atoms with Gasteiger partial charge in [-0.25, -0.2) is 9.97 Å². The topological polar surface area (TPSA) is 38.9 Å². The maximum absolute atomic E-state index is 6.66. The first kappa shape index (κ1) is 31.0. The molecule has 260 valence electrons. The van der Waals surface area contributed by atoms with Crippen molar-refractivity contribution in [2.24, 2.45) is 0 Å². The minimum atomic E-state index is -0.681. The molecule has 2 heterocycles. The van der Waals surface area contributed by atoms with Crippen LogP contribution in [0.1, 0.15) is 22.3 Å². The van der Waals surface area contributed by atoms with Gasteiger partial charge in [0.2, 0.25) is 0 Å². The number of benzene rings is 8. The van der Waals surface area contributed by atoms with Crippen molar-refractivity contribution < 1.29 is 4.42 Å². The maximum Gasteiger partial charge on any atom is 0.160 e. The van der Waals surface area contributed by atoms with E-state index in [-0.39, 0.29) is 0 Å². The van der Waals surface area contributed by atoms with E-state index >= 15 is 0 Å². The Labute approximate surface area is 324 Å². The lowest BCUT2D eigenvalue weighted by Crippen LogP contribution is -2.29. The van der Waals surface area contributed by atoms with Crippen molar-refractivity contribution >= 4 is 21.9 Å². The lowest BCUT2D eigenvalue weighted by Gasteiger charge is -2.35. The van der Waals surface area contributed by atoms with Crippen LogP contribution in [0.3, 0.4) is 0 Å². The van der Waals surface area contributed by atoms with Crippen LogP contribution in [0, 0.1) is 0 Å². The van der Waals surface area contributed by atoms with Crippen LogP contribution >= 0.6 is 0 Å². The quantitative estimate of drug-likeness (QED) is 0.183. The molecule has 2 aliphatic carbocycles. The second-order valence-corrected chi connectivity index (χ2v) is 14.8. The number of furan rings is 1. The van der Waals surface area contributed by atoms with Crippen LogP contribution in [-0.4, -0.2) is 9.97 Å². The van der Waals surface area contributed by atoms with Gasteiger partial charge in [-0.3, -0.25) is 0 Å². The molecule has 56 heavy (non-hydrogen) atoms. The van der Waals surface area contributed by atoms with E-state index in [1.54, 1.807) is 0 Å². The molecule has 0 amide bonds. The summed E-state index contributed by atoms with van der Waals surface area (Å²) in [7, 11) is 0. The van der Waals surface area contributed by atoms with Gasteiger partial charge < -0.3 is 4.42 Å². The molecule has 0 N–H and O–H groups in total. The fraction of sp³-hybridized carbons (Fsp3) is 0.0189. The van der Waals surface area contributed by atoms with Crippen LogP contribution in [0.2, 0.25) is 0 Å². The molecule has 0 radical (unpaired) electrons. The zero-order chi connectivity index (χ0) is 36.8. The predicted octanol–water partition coefficient (Wildman–Crippen LogP) is 13.4. The summed E-state index contributed by atoms with van der Waals surface area (Å²) in [6.45, 7) is 0. The van der Waals surface area contributed by atoms with Gasteiger partial charge in [-0.1, -0.05) is 164 Å². The molecule has 0 saturated carbocycles. The molecule has 2 aliphatic rings. The summed E-state index contributed by atoms with van der Waals surface area (Å²) in [6, 6.07) is 69.7. The van der Waals surface area contributed by atoms with E-state index < -0.39 is 5.41 Å². The molecule has 0 bridgehead atoms. The SMILES string of the molecule is c1ccc(-c2cc(-c3ccccc3)nc(-c3ccc4c(c3)C3(c5ccccc5-c5ccccc5-4)c4ccccc4-c4cc5c(cc43)oc3ccccc35)n2)cc1. The summed E-state index contributed by atoms with van der Waals surface area (Å²) in [5.41, 5.74) is 18.2. The lowest BCUT2D eigenvalue weighted by atomic mass is 9.65. The highest BCUT2D eigenvalue weighted by atomic mass is 16.3. The van der Waals surface area contributed by atoms with Crippen LogP contribution in [-0.2, 0) is 5.41 Å². The average Bonchev–Trinajstić information content (AvgIpc) is 3.75. The zero-order valence-electron chi connectivity index (χ0n) is 30.3. The molecule has 1 unspecified atom stereocenters. The normalized spacial score (nSPS) is 14.9. The van der Waals surface area contributed by atoms with Gasteiger partial charge in [0, 0.05) is 27.5 Å². The molecule has 8 aromatic carbocycles. The number of fused-ring (bicyclic) bond motifs is 15. The van der Waals surface area contributed by atoms with Crippen LogP contribution in [0.4, 0.5) is 0 Å². The Balaban J connectivity index is 1.21. The summed E-state index contributed by atoms with van der Waals surface area (Å²) in [4.78, 5) is 10.6. The summed E-state index contributed by atoms with van der Waals surface area (Å²) < 4.78 is 6.66. The summed E-state index contributed by atoms with van der Waals surface area (Å²) in [5.74, 6) is 0.688. The Morgan fingerprint density at radius 1 is 0.321 bits per heavy atom. The Hall–Kier alpha value is -7.36. The van der Waals surface area contributed by atoms with E-state index in [1.165, 1.54) is 55.6 Å². The van der Waals surface area contributed by atoms with Gasteiger partial charge in [0.1, 0.15) is 11.2 Å². The van der Waals surface area contributed by atoms with Gasteiger partial charge in [-0.2, -0.15) is 0 Å². The Kier molecular flexibility index (Phi) is 6.55. The highest BCUT2D eigenvalue weighted by molar-refractivity contribution is 6.09. The van der Waals surface area contributed by atoms with E-state index in [9.17, 15) is 0 Å². The Bertz CT molecular complexity index is 3140. The number of rotatable bonds is 3. The van der Waals surface area contributed by atoms with Gasteiger partial charge in [0.25, 0.3) is 0 Å². The Morgan fingerprint density at radius 3 is 1.50 bits per heavy atom.